The van der Waals surface area contributed by atoms with Crippen molar-refractivity contribution >= 4 is 23.2 Å². The quantitative estimate of drug-likeness (QED) is 0.672. The van der Waals surface area contributed by atoms with Gasteiger partial charge < -0.3 is 20.3 Å². The molecule has 0 unspecified atom stereocenters. The summed E-state index contributed by atoms with van der Waals surface area (Å²) in [5.41, 5.74) is 7.29. The second-order valence-electron chi connectivity index (χ2n) is 6.60. The van der Waals surface area contributed by atoms with Gasteiger partial charge in [0.15, 0.2) is 11.5 Å². The Balaban J connectivity index is 1.78. The molecular formula is C21H24ClN3O4. The average molecular weight is 418 g/mol. The number of nitrogens with zero attached hydrogens (tertiary/aromatic N) is 2. The molecule has 154 valence electrons. The van der Waals surface area contributed by atoms with Crippen LogP contribution in [0.5, 0.6) is 17.2 Å². The lowest BCUT2D eigenvalue weighted by molar-refractivity contribution is 0.0752. The molecule has 0 atom stereocenters. The summed E-state index contributed by atoms with van der Waals surface area (Å²) in [4.78, 5) is 12.9. The number of hydrogen-bond acceptors (Lipinski definition) is 6. The van der Waals surface area contributed by atoms with Crippen molar-refractivity contribution in [2.75, 3.05) is 26.8 Å². The first-order valence-electron chi connectivity index (χ1n) is 9.42. The maximum Gasteiger partial charge on any atom is 0.275 e. The van der Waals surface area contributed by atoms with Crippen molar-refractivity contribution in [3.05, 3.63) is 52.5 Å². The number of halogens is 1. The van der Waals surface area contributed by atoms with E-state index in [4.69, 9.17) is 26.8 Å². The number of amides is 1. The summed E-state index contributed by atoms with van der Waals surface area (Å²) in [5.74, 6) is 0.734. The van der Waals surface area contributed by atoms with Crippen LogP contribution < -0.4 is 15.2 Å². The van der Waals surface area contributed by atoms with Crippen LogP contribution in [0.2, 0.25) is 5.02 Å². The van der Waals surface area contributed by atoms with E-state index in [1.54, 1.807) is 30.3 Å². The topological polar surface area (TPSA) is 97.4 Å². The number of phenols is 1. The predicted molar refractivity (Wildman–Crippen MR) is 112 cm³/mol. The van der Waals surface area contributed by atoms with E-state index < -0.39 is 0 Å². The van der Waals surface area contributed by atoms with Gasteiger partial charge in [0.2, 0.25) is 0 Å². The minimum Gasteiger partial charge on any atom is -0.504 e. The van der Waals surface area contributed by atoms with Crippen molar-refractivity contribution in [3.8, 4) is 17.2 Å². The summed E-state index contributed by atoms with van der Waals surface area (Å²) in [6, 6.07) is 10.1. The highest BCUT2D eigenvalue weighted by Crippen LogP contribution is 2.29. The average Bonchev–Trinajstić information content (AvgIpc) is 2.73. The van der Waals surface area contributed by atoms with Crippen molar-refractivity contribution in [2.45, 2.75) is 19.3 Å². The summed E-state index contributed by atoms with van der Waals surface area (Å²) in [5, 5.41) is 16.2. The number of ether oxygens (including phenoxy) is 2. The Hall–Kier alpha value is -2.77. The zero-order valence-corrected chi connectivity index (χ0v) is 17.0. The zero-order chi connectivity index (χ0) is 20.8. The van der Waals surface area contributed by atoms with Gasteiger partial charge >= 0.3 is 0 Å². The number of phenolic OH excluding ortho intramolecular Hbond substituents is 1. The molecule has 29 heavy (non-hydrogen) atoms. The summed E-state index contributed by atoms with van der Waals surface area (Å²) in [7, 11) is 1.49. The number of benzene rings is 2. The maximum absolute atomic E-state index is 12.9. The van der Waals surface area contributed by atoms with Gasteiger partial charge in [-0.25, -0.2) is 5.01 Å². The summed E-state index contributed by atoms with van der Waals surface area (Å²) in [6.07, 6.45) is 2.21. The SMILES string of the molecule is COc1ccc(C2=NN(C(=O)c3ccc(OCCCN)cc3Cl)CCC2)cc1O. The number of carbonyl (C=O) groups excluding carboxylic acids is 1. The van der Waals surface area contributed by atoms with Crippen LogP contribution in [0.3, 0.4) is 0 Å². The van der Waals surface area contributed by atoms with Crippen molar-refractivity contribution in [3.63, 3.8) is 0 Å². The highest BCUT2D eigenvalue weighted by Gasteiger charge is 2.23. The largest absolute Gasteiger partial charge is 0.504 e. The summed E-state index contributed by atoms with van der Waals surface area (Å²) >= 11 is 6.32. The first-order chi connectivity index (χ1) is 14.0. The lowest BCUT2D eigenvalue weighted by Crippen LogP contribution is -2.32. The van der Waals surface area contributed by atoms with Crippen LogP contribution in [0.4, 0.5) is 0 Å². The van der Waals surface area contributed by atoms with Crippen LogP contribution in [0.25, 0.3) is 0 Å². The molecular weight excluding hydrogens is 394 g/mol. The summed E-state index contributed by atoms with van der Waals surface area (Å²) < 4.78 is 10.6. The minimum absolute atomic E-state index is 0.0319. The van der Waals surface area contributed by atoms with E-state index in [1.165, 1.54) is 12.1 Å². The number of nitrogens with two attached hydrogens (primary N) is 1. The molecule has 0 aliphatic carbocycles. The van der Waals surface area contributed by atoms with E-state index in [0.717, 1.165) is 24.1 Å². The van der Waals surface area contributed by atoms with E-state index in [9.17, 15) is 9.90 Å². The Morgan fingerprint density at radius 1 is 1.31 bits per heavy atom. The van der Waals surface area contributed by atoms with Gasteiger partial charge in [-0.2, -0.15) is 5.10 Å². The van der Waals surface area contributed by atoms with Crippen LogP contribution >= 0.6 is 11.6 Å². The number of aromatic hydroxyl groups is 1. The molecule has 0 saturated carbocycles. The summed E-state index contributed by atoms with van der Waals surface area (Å²) in [6.45, 7) is 1.54. The lowest BCUT2D eigenvalue weighted by Gasteiger charge is -2.24. The second kappa shape index (κ2) is 9.62. The molecule has 0 spiro atoms. The fourth-order valence-electron chi connectivity index (χ4n) is 3.03. The van der Waals surface area contributed by atoms with Gasteiger partial charge in [0, 0.05) is 12.1 Å². The Morgan fingerprint density at radius 2 is 2.14 bits per heavy atom. The van der Waals surface area contributed by atoms with Crippen molar-refractivity contribution < 1.29 is 19.4 Å². The van der Waals surface area contributed by atoms with Gasteiger partial charge in [-0.3, -0.25) is 4.79 Å². The molecule has 0 fully saturated rings. The fourth-order valence-corrected chi connectivity index (χ4v) is 3.28. The third kappa shape index (κ3) is 4.99. The highest BCUT2D eigenvalue weighted by atomic mass is 35.5. The van der Waals surface area contributed by atoms with Gasteiger partial charge in [-0.15, -0.1) is 0 Å². The second-order valence-corrected chi connectivity index (χ2v) is 7.00. The van der Waals surface area contributed by atoms with E-state index in [2.05, 4.69) is 5.10 Å². The molecule has 7 nitrogen and oxygen atoms in total. The van der Waals surface area contributed by atoms with E-state index in [0.29, 0.717) is 48.2 Å². The zero-order valence-electron chi connectivity index (χ0n) is 16.2. The first-order valence-corrected chi connectivity index (χ1v) is 9.80. The van der Waals surface area contributed by atoms with Crippen LogP contribution in [-0.4, -0.2) is 48.5 Å². The van der Waals surface area contributed by atoms with Crippen LogP contribution in [-0.2, 0) is 0 Å². The smallest absolute Gasteiger partial charge is 0.275 e. The molecule has 0 aromatic heterocycles. The molecule has 3 N–H and O–H groups in total. The highest BCUT2D eigenvalue weighted by molar-refractivity contribution is 6.34. The molecule has 8 heteroatoms. The number of rotatable bonds is 7. The number of hydrogen-bond donors (Lipinski definition) is 2. The number of carbonyl (C=O) groups is 1. The molecule has 1 heterocycles. The molecule has 1 aliphatic rings. The van der Waals surface area contributed by atoms with Crippen molar-refractivity contribution in [2.24, 2.45) is 10.8 Å². The molecule has 1 aliphatic heterocycles. The lowest BCUT2D eigenvalue weighted by atomic mass is 10.0. The van der Waals surface area contributed by atoms with E-state index in [-0.39, 0.29) is 11.7 Å². The van der Waals surface area contributed by atoms with Gasteiger partial charge in [-0.1, -0.05) is 11.6 Å². The predicted octanol–water partition coefficient (Wildman–Crippen LogP) is 3.42. The molecule has 2 aromatic carbocycles. The Morgan fingerprint density at radius 3 is 2.83 bits per heavy atom. The molecule has 2 aromatic rings. The molecule has 3 rings (SSSR count). The van der Waals surface area contributed by atoms with Crippen molar-refractivity contribution in [1.82, 2.24) is 5.01 Å². The Bertz CT molecular complexity index is 917. The Labute approximate surface area is 174 Å². The van der Waals surface area contributed by atoms with Crippen LogP contribution in [0.1, 0.15) is 35.2 Å². The molecule has 0 radical (unpaired) electrons. The minimum atomic E-state index is -0.279. The maximum atomic E-state index is 12.9. The van der Waals surface area contributed by atoms with Crippen LogP contribution in [0, 0.1) is 0 Å². The monoisotopic (exact) mass is 417 g/mol. The molecule has 0 saturated heterocycles. The fraction of sp³-hybridized carbons (Fsp3) is 0.333. The van der Waals surface area contributed by atoms with E-state index >= 15 is 0 Å². The van der Waals surface area contributed by atoms with Crippen LogP contribution in [0.15, 0.2) is 41.5 Å². The number of methoxy groups -OCH3 is 1. The first kappa shape index (κ1) is 21.0. The third-order valence-electron chi connectivity index (χ3n) is 4.56. The van der Waals surface area contributed by atoms with Gasteiger partial charge in [0.05, 0.1) is 30.0 Å². The van der Waals surface area contributed by atoms with Gasteiger partial charge in [0.25, 0.3) is 5.91 Å². The molecule has 1 amide bonds. The van der Waals surface area contributed by atoms with Gasteiger partial charge in [0.1, 0.15) is 5.75 Å². The normalized spacial score (nSPS) is 13.8. The third-order valence-corrected chi connectivity index (χ3v) is 4.87. The van der Waals surface area contributed by atoms with Crippen molar-refractivity contribution in [1.29, 1.82) is 0 Å². The Kier molecular flexibility index (Phi) is 6.95. The standard InChI is InChI=1S/C21H24ClN3O4/c1-28-20-8-5-14(12-19(20)26)18-4-2-10-25(24-18)21(27)16-7-6-15(13-17(16)22)29-11-3-9-23/h5-8,12-13,26H,2-4,9-11,23H2,1H3. The van der Waals surface area contributed by atoms with E-state index in [1.807, 2.05) is 6.07 Å². The van der Waals surface area contributed by atoms with Gasteiger partial charge in [-0.05, 0) is 62.2 Å². The number of hydrazone groups is 1. The molecule has 0 bridgehead atoms.